The number of carbonyl (C=O) groups excluding carboxylic acids is 4. The van der Waals surface area contributed by atoms with Crippen LogP contribution in [0, 0.1) is 10.1 Å². The second-order valence-electron chi connectivity index (χ2n) is 7.68. The second-order valence-corrected chi connectivity index (χ2v) is 7.68. The number of rotatable bonds is 9. The number of anilines is 2. The number of non-ortho nitro benzene ring substituents is 1. The topological polar surface area (TPSA) is 148 Å². The lowest BCUT2D eigenvalue weighted by atomic mass is 10.1. The zero-order chi connectivity index (χ0) is 25.7. The van der Waals surface area contributed by atoms with Crippen LogP contribution in [-0.2, 0) is 23.9 Å². The third-order valence-electron chi connectivity index (χ3n) is 5.40. The predicted molar refractivity (Wildman–Crippen MR) is 124 cm³/mol. The maximum absolute atomic E-state index is 13.3. The molecule has 184 valence electrons. The van der Waals surface area contributed by atoms with Crippen LogP contribution in [-0.4, -0.2) is 66.5 Å². The standard InChI is InChI=1S/C23H24N4O8/c1-14(28)24-16-6-10-17(11-7-16)26-20(29)12-19(23(26)31)25(13-21(34-2)35-3)22(30)15-4-8-18(9-5-15)27(32)33/h4-11,19,21H,12-13H2,1-3H3,(H,24,28). The number of nitrogens with zero attached hydrogens (tertiary/aromatic N) is 3. The van der Waals surface area contributed by atoms with Gasteiger partial charge in [-0.15, -0.1) is 0 Å². The monoisotopic (exact) mass is 484 g/mol. The fourth-order valence-electron chi connectivity index (χ4n) is 3.68. The summed E-state index contributed by atoms with van der Waals surface area (Å²) in [5.74, 6) is -2.02. The maximum Gasteiger partial charge on any atom is 0.269 e. The van der Waals surface area contributed by atoms with Crippen LogP contribution < -0.4 is 10.2 Å². The molecular formula is C23H24N4O8. The fourth-order valence-corrected chi connectivity index (χ4v) is 3.68. The number of nitrogens with one attached hydrogen (secondary N) is 1. The third-order valence-corrected chi connectivity index (χ3v) is 5.40. The number of carbonyl (C=O) groups is 4. The molecule has 2 aromatic rings. The number of amides is 4. The summed E-state index contributed by atoms with van der Waals surface area (Å²) in [7, 11) is 2.74. The first kappa shape index (κ1) is 25.5. The minimum absolute atomic E-state index is 0.0971. The van der Waals surface area contributed by atoms with Gasteiger partial charge in [0.1, 0.15) is 6.04 Å². The van der Waals surface area contributed by atoms with Gasteiger partial charge in [0.2, 0.25) is 11.8 Å². The highest BCUT2D eigenvalue weighted by Crippen LogP contribution is 2.28. The van der Waals surface area contributed by atoms with Crippen LogP contribution in [0.25, 0.3) is 0 Å². The van der Waals surface area contributed by atoms with Crippen LogP contribution in [0.2, 0.25) is 0 Å². The minimum atomic E-state index is -1.15. The first-order chi connectivity index (χ1) is 16.7. The van der Waals surface area contributed by atoms with E-state index < -0.39 is 35.0 Å². The number of methoxy groups -OCH3 is 2. The SMILES string of the molecule is COC(CN(C(=O)c1ccc([N+](=O)[O-])cc1)C1CC(=O)N(c2ccc(NC(C)=O)cc2)C1=O)OC. The normalized spacial score (nSPS) is 15.4. The maximum atomic E-state index is 13.3. The molecule has 0 aliphatic carbocycles. The van der Waals surface area contributed by atoms with Crippen LogP contribution in [0.3, 0.4) is 0 Å². The van der Waals surface area contributed by atoms with E-state index in [0.717, 1.165) is 4.90 Å². The summed E-state index contributed by atoms with van der Waals surface area (Å²) in [6.45, 7) is 1.19. The van der Waals surface area contributed by atoms with Gasteiger partial charge in [0.25, 0.3) is 17.5 Å². The van der Waals surface area contributed by atoms with Gasteiger partial charge >= 0.3 is 0 Å². The first-order valence-electron chi connectivity index (χ1n) is 10.5. The Balaban J connectivity index is 1.90. The third kappa shape index (κ3) is 5.67. The highest BCUT2D eigenvalue weighted by molar-refractivity contribution is 6.23. The summed E-state index contributed by atoms with van der Waals surface area (Å²) in [6.07, 6.45) is -1.16. The lowest BCUT2D eigenvalue weighted by molar-refractivity contribution is -0.384. The number of nitro benzene ring substituents is 1. The van der Waals surface area contributed by atoms with Crippen molar-refractivity contribution >= 4 is 40.7 Å². The van der Waals surface area contributed by atoms with Gasteiger partial charge in [-0.25, -0.2) is 4.90 Å². The lowest BCUT2D eigenvalue weighted by Gasteiger charge is -2.30. The number of hydrogen-bond donors (Lipinski definition) is 1. The van der Waals surface area contributed by atoms with Gasteiger partial charge in [-0.1, -0.05) is 0 Å². The van der Waals surface area contributed by atoms with E-state index in [9.17, 15) is 29.3 Å². The van der Waals surface area contributed by atoms with Gasteiger partial charge in [-0.3, -0.25) is 29.3 Å². The first-order valence-corrected chi connectivity index (χ1v) is 10.5. The molecule has 3 rings (SSSR count). The van der Waals surface area contributed by atoms with E-state index in [4.69, 9.17) is 9.47 Å². The molecule has 0 spiro atoms. The molecular weight excluding hydrogens is 460 g/mol. The smallest absolute Gasteiger partial charge is 0.269 e. The number of hydrogen-bond acceptors (Lipinski definition) is 8. The van der Waals surface area contributed by atoms with Crippen molar-refractivity contribution in [2.45, 2.75) is 25.7 Å². The molecule has 2 aromatic carbocycles. The summed E-state index contributed by atoms with van der Waals surface area (Å²) in [5.41, 5.74) is 0.685. The summed E-state index contributed by atoms with van der Waals surface area (Å²) < 4.78 is 10.4. The molecule has 12 heteroatoms. The molecule has 1 aliphatic rings. The molecule has 1 fully saturated rings. The second kappa shape index (κ2) is 10.8. The van der Waals surface area contributed by atoms with Crippen LogP contribution in [0.5, 0.6) is 0 Å². The van der Waals surface area contributed by atoms with Crippen molar-refractivity contribution in [1.29, 1.82) is 0 Å². The molecule has 1 aliphatic heterocycles. The lowest BCUT2D eigenvalue weighted by Crippen LogP contribution is -2.49. The van der Waals surface area contributed by atoms with Crippen molar-refractivity contribution in [3.8, 4) is 0 Å². The molecule has 35 heavy (non-hydrogen) atoms. The average molecular weight is 484 g/mol. The van der Waals surface area contributed by atoms with Gasteiger partial charge in [0.15, 0.2) is 6.29 Å². The van der Waals surface area contributed by atoms with E-state index in [0.29, 0.717) is 5.69 Å². The van der Waals surface area contributed by atoms with E-state index in [1.165, 1.54) is 62.4 Å². The van der Waals surface area contributed by atoms with Crippen LogP contribution in [0.15, 0.2) is 48.5 Å². The predicted octanol–water partition coefficient (Wildman–Crippen LogP) is 1.95. The molecule has 0 saturated carbocycles. The molecule has 0 bridgehead atoms. The van der Waals surface area contributed by atoms with Crippen molar-refractivity contribution in [3.05, 3.63) is 64.2 Å². The Morgan fingerprint density at radius 2 is 1.71 bits per heavy atom. The van der Waals surface area contributed by atoms with Crippen LogP contribution >= 0.6 is 0 Å². The van der Waals surface area contributed by atoms with E-state index in [1.807, 2.05) is 0 Å². The Labute approximate surface area is 200 Å². The van der Waals surface area contributed by atoms with Gasteiger partial charge in [0.05, 0.1) is 23.6 Å². The summed E-state index contributed by atoms with van der Waals surface area (Å²) >= 11 is 0. The van der Waals surface area contributed by atoms with Gasteiger partial charge in [-0.05, 0) is 36.4 Å². The molecule has 4 amide bonds. The summed E-state index contributed by atoms with van der Waals surface area (Å²) in [4.78, 5) is 63.2. The van der Waals surface area contributed by atoms with Crippen molar-refractivity contribution in [2.24, 2.45) is 0 Å². The minimum Gasteiger partial charge on any atom is -0.354 e. The summed E-state index contributed by atoms with van der Waals surface area (Å²) in [6, 6.07) is 9.90. The Kier molecular flexibility index (Phi) is 7.89. The summed E-state index contributed by atoms with van der Waals surface area (Å²) in [5, 5.41) is 13.5. The molecule has 1 atom stereocenters. The molecule has 0 radical (unpaired) electrons. The van der Waals surface area contributed by atoms with Gasteiger partial charge < -0.3 is 19.7 Å². The van der Waals surface area contributed by atoms with E-state index in [-0.39, 0.29) is 35.8 Å². The van der Waals surface area contributed by atoms with Crippen molar-refractivity contribution in [2.75, 3.05) is 31.0 Å². The zero-order valence-electron chi connectivity index (χ0n) is 19.3. The number of nitro groups is 1. The van der Waals surface area contributed by atoms with Gasteiger partial charge in [0, 0.05) is 44.5 Å². The Bertz CT molecular complexity index is 1130. The van der Waals surface area contributed by atoms with Crippen LogP contribution in [0.4, 0.5) is 17.1 Å². The highest BCUT2D eigenvalue weighted by atomic mass is 16.7. The van der Waals surface area contributed by atoms with Crippen molar-refractivity contribution in [1.82, 2.24) is 4.90 Å². The molecule has 1 N–H and O–H groups in total. The average Bonchev–Trinajstić information content (AvgIpc) is 3.13. The van der Waals surface area contributed by atoms with Crippen molar-refractivity contribution in [3.63, 3.8) is 0 Å². The molecule has 1 unspecified atom stereocenters. The zero-order valence-corrected chi connectivity index (χ0v) is 19.3. The Hall–Kier alpha value is -4.16. The van der Waals surface area contributed by atoms with Crippen molar-refractivity contribution < 1.29 is 33.6 Å². The fraction of sp³-hybridized carbons (Fsp3) is 0.304. The largest absolute Gasteiger partial charge is 0.354 e. The molecule has 0 aromatic heterocycles. The molecule has 1 saturated heterocycles. The van der Waals surface area contributed by atoms with E-state index in [1.54, 1.807) is 12.1 Å². The Morgan fingerprint density at radius 3 is 2.23 bits per heavy atom. The highest BCUT2D eigenvalue weighted by Gasteiger charge is 2.45. The number of imide groups is 1. The van der Waals surface area contributed by atoms with Crippen LogP contribution in [0.1, 0.15) is 23.7 Å². The Morgan fingerprint density at radius 1 is 1.11 bits per heavy atom. The molecule has 1 heterocycles. The quantitative estimate of drug-likeness (QED) is 0.246. The van der Waals surface area contributed by atoms with E-state index >= 15 is 0 Å². The molecule has 12 nitrogen and oxygen atoms in total. The number of benzene rings is 2. The van der Waals surface area contributed by atoms with Gasteiger partial charge in [-0.2, -0.15) is 0 Å². The number of ether oxygens (including phenoxy) is 2. The van der Waals surface area contributed by atoms with E-state index in [2.05, 4.69) is 5.32 Å².